The van der Waals surface area contributed by atoms with Gasteiger partial charge in [-0.05, 0) is 43.2 Å². The van der Waals surface area contributed by atoms with E-state index in [0.29, 0.717) is 22.2 Å². The summed E-state index contributed by atoms with van der Waals surface area (Å²) in [5.74, 6) is 0.831. The van der Waals surface area contributed by atoms with Gasteiger partial charge in [0.1, 0.15) is 11.5 Å². The summed E-state index contributed by atoms with van der Waals surface area (Å²) in [5, 5.41) is 3.43. The lowest BCUT2D eigenvalue weighted by atomic mass is 10.1. The number of carbonyl (C=O) groups is 1. The van der Waals surface area contributed by atoms with Gasteiger partial charge in [-0.15, -0.1) is 0 Å². The highest BCUT2D eigenvalue weighted by molar-refractivity contribution is 7.22. The maximum absolute atomic E-state index is 12.6. The molecule has 2 aromatic carbocycles. The Hall–Kier alpha value is -2.60. The van der Waals surface area contributed by atoms with Crippen LogP contribution in [0.3, 0.4) is 0 Å². The molecule has 3 aromatic rings. The van der Waals surface area contributed by atoms with Gasteiger partial charge in [0.05, 0.1) is 30.0 Å². The predicted molar refractivity (Wildman–Crippen MR) is 96.6 cm³/mol. The molecule has 0 aliphatic carbocycles. The summed E-state index contributed by atoms with van der Waals surface area (Å²) in [6.07, 6.45) is 0. The van der Waals surface area contributed by atoms with E-state index in [1.165, 1.54) is 24.0 Å². The molecule has 1 N–H and O–H groups in total. The number of aromatic nitrogens is 1. The van der Waals surface area contributed by atoms with Crippen molar-refractivity contribution in [2.24, 2.45) is 0 Å². The molecule has 0 aliphatic heterocycles. The average Bonchev–Trinajstić information content (AvgIpc) is 3.00. The Kier molecular flexibility index (Phi) is 4.40. The van der Waals surface area contributed by atoms with E-state index in [1.54, 1.807) is 25.3 Å². The minimum Gasteiger partial charge on any atom is -0.497 e. The van der Waals surface area contributed by atoms with Crippen LogP contribution in [0.15, 0.2) is 30.3 Å². The Morgan fingerprint density at radius 3 is 2.62 bits per heavy atom. The first-order valence-corrected chi connectivity index (χ1v) is 8.25. The molecule has 124 valence electrons. The van der Waals surface area contributed by atoms with Crippen molar-refractivity contribution in [2.75, 3.05) is 19.5 Å². The van der Waals surface area contributed by atoms with Crippen molar-refractivity contribution in [3.63, 3.8) is 0 Å². The molecule has 1 amide bonds. The molecular formula is C18H18N2O3S. The lowest BCUT2D eigenvalue weighted by molar-refractivity contribution is 0.102. The van der Waals surface area contributed by atoms with Crippen LogP contribution in [0.25, 0.3) is 10.2 Å². The van der Waals surface area contributed by atoms with E-state index in [-0.39, 0.29) is 5.91 Å². The van der Waals surface area contributed by atoms with Gasteiger partial charge < -0.3 is 9.47 Å². The lowest BCUT2D eigenvalue weighted by Gasteiger charge is -2.09. The van der Waals surface area contributed by atoms with Crippen LogP contribution in [0, 0.1) is 13.8 Å². The van der Waals surface area contributed by atoms with Crippen molar-refractivity contribution >= 4 is 32.6 Å². The van der Waals surface area contributed by atoms with Crippen molar-refractivity contribution in [1.82, 2.24) is 4.98 Å². The minimum absolute atomic E-state index is 0.261. The van der Waals surface area contributed by atoms with Crippen LogP contribution in [0.5, 0.6) is 11.5 Å². The molecule has 5 nitrogen and oxygen atoms in total. The average molecular weight is 342 g/mol. The first-order valence-electron chi connectivity index (χ1n) is 7.43. The zero-order valence-electron chi connectivity index (χ0n) is 14.0. The number of benzene rings is 2. The number of anilines is 1. The quantitative estimate of drug-likeness (QED) is 0.772. The van der Waals surface area contributed by atoms with Crippen LogP contribution < -0.4 is 14.8 Å². The maximum Gasteiger partial charge on any atom is 0.261 e. The molecule has 0 saturated heterocycles. The molecule has 0 atom stereocenters. The second-order valence-electron chi connectivity index (χ2n) is 5.39. The summed E-state index contributed by atoms with van der Waals surface area (Å²) in [7, 11) is 3.09. The number of carbonyl (C=O) groups excluding carboxylic acids is 1. The Morgan fingerprint density at radius 2 is 1.92 bits per heavy atom. The Balaban J connectivity index is 1.91. The Labute approximate surface area is 144 Å². The molecule has 0 spiro atoms. The molecule has 24 heavy (non-hydrogen) atoms. The van der Waals surface area contributed by atoms with Crippen molar-refractivity contribution in [2.45, 2.75) is 13.8 Å². The summed E-state index contributed by atoms with van der Waals surface area (Å²) in [4.78, 5) is 17.1. The summed E-state index contributed by atoms with van der Waals surface area (Å²) in [5.41, 5.74) is 3.68. The number of methoxy groups -OCH3 is 2. The largest absolute Gasteiger partial charge is 0.497 e. The summed E-state index contributed by atoms with van der Waals surface area (Å²) in [6, 6.07) is 9.17. The van der Waals surface area contributed by atoms with Gasteiger partial charge in [-0.25, -0.2) is 4.98 Å². The Bertz CT molecular complexity index is 918. The number of hydrogen-bond acceptors (Lipinski definition) is 5. The lowest BCUT2D eigenvalue weighted by Crippen LogP contribution is -2.13. The van der Waals surface area contributed by atoms with E-state index in [1.807, 2.05) is 13.0 Å². The molecule has 0 aliphatic rings. The number of nitrogens with one attached hydrogen (secondary N) is 1. The molecule has 0 saturated carbocycles. The fourth-order valence-electron chi connectivity index (χ4n) is 2.43. The van der Waals surface area contributed by atoms with Crippen LogP contribution >= 0.6 is 11.3 Å². The van der Waals surface area contributed by atoms with Crippen molar-refractivity contribution < 1.29 is 14.3 Å². The fraction of sp³-hybridized carbons (Fsp3) is 0.222. The van der Waals surface area contributed by atoms with E-state index in [0.717, 1.165) is 15.8 Å². The number of amides is 1. The van der Waals surface area contributed by atoms with Crippen LogP contribution in [0.1, 0.15) is 21.5 Å². The molecular weight excluding hydrogens is 324 g/mol. The van der Waals surface area contributed by atoms with Crippen molar-refractivity contribution in [3.8, 4) is 11.5 Å². The van der Waals surface area contributed by atoms with Gasteiger partial charge in [0.25, 0.3) is 5.91 Å². The van der Waals surface area contributed by atoms with Gasteiger partial charge in [-0.2, -0.15) is 0 Å². The number of rotatable bonds is 4. The second kappa shape index (κ2) is 6.49. The molecule has 0 fully saturated rings. The monoisotopic (exact) mass is 342 g/mol. The number of hydrogen-bond donors (Lipinski definition) is 1. The standard InChI is InChI=1S/C18H18N2O3S/c1-10-5-8-15-16(11(10)2)19-18(24-15)20-17(21)13-7-6-12(22-3)9-14(13)23-4/h5-9H,1-4H3,(H,19,20,21). The molecule has 6 heteroatoms. The Morgan fingerprint density at radius 1 is 1.12 bits per heavy atom. The molecule has 1 heterocycles. The molecule has 3 rings (SSSR count). The third kappa shape index (κ3) is 2.92. The number of aryl methyl sites for hydroxylation is 2. The fourth-order valence-corrected chi connectivity index (χ4v) is 3.35. The third-order valence-electron chi connectivity index (χ3n) is 3.96. The molecule has 1 aromatic heterocycles. The van der Waals surface area contributed by atoms with Gasteiger partial charge in [0, 0.05) is 6.07 Å². The molecule has 0 bridgehead atoms. The van der Waals surface area contributed by atoms with Gasteiger partial charge in [-0.1, -0.05) is 17.4 Å². The van der Waals surface area contributed by atoms with Crippen molar-refractivity contribution in [3.05, 3.63) is 47.0 Å². The van der Waals surface area contributed by atoms with Crippen LogP contribution in [-0.2, 0) is 0 Å². The molecule has 0 radical (unpaired) electrons. The maximum atomic E-state index is 12.6. The van der Waals surface area contributed by atoms with Crippen molar-refractivity contribution in [1.29, 1.82) is 0 Å². The highest BCUT2D eigenvalue weighted by Gasteiger charge is 2.16. The third-order valence-corrected chi connectivity index (χ3v) is 4.89. The van der Waals surface area contributed by atoms with E-state index >= 15 is 0 Å². The number of thiazole rings is 1. The zero-order valence-corrected chi connectivity index (χ0v) is 14.8. The summed E-state index contributed by atoms with van der Waals surface area (Å²) < 4.78 is 11.5. The van der Waals surface area contributed by atoms with Gasteiger partial charge >= 0.3 is 0 Å². The van der Waals surface area contributed by atoms with Crippen LogP contribution in [-0.4, -0.2) is 25.1 Å². The smallest absolute Gasteiger partial charge is 0.261 e. The second-order valence-corrected chi connectivity index (χ2v) is 6.42. The van der Waals surface area contributed by atoms with E-state index in [9.17, 15) is 4.79 Å². The van der Waals surface area contributed by atoms with Crippen LogP contribution in [0.2, 0.25) is 0 Å². The first kappa shape index (κ1) is 16.3. The number of ether oxygens (including phenoxy) is 2. The summed E-state index contributed by atoms with van der Waals surface area (Å²) in [6.45, 7) is 4.09. The highest BCUT2D eigenvalue weighted by atomic mass is 32.1. The summed E-state index contributed by atoms with van der Waals surface area (Å²) >= 11 is 1.46. The number of fused-ring (bicyclic) bond motifs is 1. The van der Waals surface area contributed by atoms with Gasteiger partial charge in [-0.3, -0.25) is 10.1 Å². The van der Waals surface area contributed by atoms with E-state index in [2.05, 4.69) is 23.3 Å². The molecule has 0 unspecified atom stereocenters. The normalized spacial score (nSPS) is 10.7. The van der Waals surface area contributed by atoms with Gasteiger partial charge in [0.2, 0.25) is 0 Å². The minimum atomic E-state index is -0.261. The zero-order chi connectivity index (χ0) is 17.3. The van der Waals surface area contributed by atoms with Gasteiger partial charge in [0.15, 0.2) is 5.13 Å². The highest BCUT2D eigenvalue weighted by Crippen LogP contribution is 2.31. The van der Waals surface area contributed by atoms with E-state index < -0.39 is 0 Å². The topological polar surface area (TPSA) is 60.5 Å². The SMILES string of the molecule is COc1ccc(C(=O)Nc2nc3c(C)c(C)ccc3s2)c(OC)c1. The van der Waals surface area contributed by atoms with E-state index in [4.69, 9.17) is 9.47 Å². The van der Waals surface area contributed by atoms with Crippen LogP contribution in [0.4, 0.5) is 5.13 Å². The number of nitrogens with zero attached hydrogens (tertiary/aromatic N) is 1. The predicted octanol–water partition coefficient (Wildman–Crippen LogP) is 4.18. The first-order chi connectivity index (χ1) is 11.5.